The van der Waals surface area contributed by atoms with Gasteiger partial charge in [-0.2, -0.15) is 0 Å². The number of carboxylic acids is 1. The van der Waals surface area contributed by atoms with Crippen molar-refractivity contribution in [1.82, 2.24) is 0 Å². The highest BCUT2D eigenvalue weighted by molar-refractivity contribution is 8.04. The Labute approximate surface area is 166 Å². The summed E-state index contributed by atoms with van der Waals surface area (Å²) >= 11 is 1.20. The Kier molecular flexibility index (Phi) is 6.60. The number of thioether (sulfide) groups is 1. The number of carbonyl (C=O) groups is 2. The van der Waals surface area contributed by atoms with E-state index in [1.165, 1.54) is 11.8 Å². The number of carbonyl (C=O) groups excluding carboxylic acids is 1. The molecule has 2 atom stereocenters. The molecule has 0 amide bonds. The second-order valence-corrected chi connectivity index (χ2v) is 7.30. The molecule has 2 aromatic carbocycles. The van der Waals surface area contributed by atoms with Crippen LogP contribution < -0.4 is 4.74 Å². The Balaban J connectivity index is 1.64. The van der Waals surface area contributed by atoms with Gasteiger partial charge in [-0.1, -0.05) is 48.5 Å². The van der Waals surface area contributed by atoms with Crippen molar-refractivity contribution in [3.63, 3.8) is 0 Å². The van der Waals surface area contributed by atoms with Crippen molar-refractivity contribution in [2.24, 2.45) is 0 Å². The SMILES string of the molecule is O=C1OC(C(Oc2ccccc2)C(=O)O)CC(O)=C1SCCc1ccccc1. The number of aliphatic hydroxyl groups excluding tert-OH is 1. The lowest BCUT2D eigenvalue weighted by molar-refractivity contribution is -0.162. The monoisotopic (exact) mass is 400 g/mol. The number of aliphatic hydroxyl groups is 1. The lowest BCUT2D eigenvalue weighted by Crippen LogP contribution is -2.44. The summed E-state index contributed by atoms with van der Waals surface area (Å²) in [6, 6.07) is 18.2. The van der Waals surface area contributed by atoms with Gasteiger partial charge in [0.1, 0.15) is 16.4 Å². The highest BCUT2D eigenvalue weighted by atomic mass is 32.2. The Morgan fingerprint density at radius 1 is 1.14 bits per heavy atom. The molecule has 0 spiro atoms. The van der Waals surface area contributed by atoms with Gasteiger partial charge in [-0.15, -0.1) is 11.8 Å². The van der Waals surface area contributed by atoms with Gasteiger partial charge in [-0.05, 0) is 24.1 Å². The largest absolute Gasteiger partial charge is 0.511 e. The van der Waals surface area contributed by atoms with E-state index in [-0.39, 0.29) is 17.1 Å². The highest BCUT2D eigenvalue weighted by Gasteiger charge is 2.39. The van der Waals surface area contributed by atoms with Gasteiger partial charge in [0.05, 0.1) is 0 Å². The van der Waals surface area contributed by atoms with Crippen molar-refractivity contribution < 1.29 is 29.3 Å². The van der Waals surface area contributed by atoms with Crippen LogP contribution in [-0.2, 0) is 20.7 Å². The van der Waals surface area contributed by atoms with E-state index in [9.17, 15) is 19.8 Å². The summed E-state index contributed by atoms with van der Waals surface area (Å²) in [6.07, 6.45) is -1.90. The molecule has 1 heterocycles. The minimum Gasteiger partial charge on any atom is -0.511 e. The number of hydrogen-bond donors (Lipinski definition) is 2. The molecule has 0 aliphatic carbocycles. The maximum absolute atomic E-state index is 12.3. The van der Waals surface area contributed by atoms with Gasteiger partial charge in [0.25, 0.3) is 0 Å². The van der Waals surface area contributed by atoms with Crippen molar-refractivity contribution in [2.75, 3.05) is 5.75 Å². The van der Waals surface area contributed by atoms with Crippen molar-refractivity contribution >= 4 is 23.7 Å². The summed E-state index contributed by atoms with van der Waals surface area (Å²) < 4.78 is 10.8. The molecule has 0 saturated carbocycles. The number of rotatable bonds is 8. The molecule has 7 heteroatoms. The predicted molar refractivity (Wildman–Crippen MR) is 105 cm³/mol. The fraction of sp³-hybridized carbons (Fsp3) is 0.238. The summed E-state index contributed by atoms with van der Waals surface area (Å²) in [4.78, 5) is 24.1. The zero-order chi connectivity index (χ0) is 19.9. The molecule has 2 aromatic rings. The first-order chi connectivity index (χ1) is 13.5. The summed E-state index contributed by atoms with van der Waals surface area (Å²) in [5.74, 6) is -1.23. The van der Waals surface area contributed by atoms with E-state index in [0.29, 0.717) is 11.5 Å². The van der Waals surface area contributed by atoms with Crippen LogP contribution in [0.3, 0.4) is 0 Å². The lowest BCUT2D eigenvalue weighted by atomic mass is 10.1. The smallest absolute Gasteiger partial charge is 0.348 e. The third-order valence-electron chi connectivity index (χ3n) is 4.17. The van der Waals surface area contributed by atoms with E-state index in [1.807, 2.05) is 30.3 Å². The van der Waals surface area contributed by atoms with Crippen molar-refractivity contribution in [3.8, 4) is 5.75 Å². The van der Waals surface area contributed by atoms with Crippen molar-refractivity contribution in [3.05, 3.63) is 76.9 Å². The first-order valence-electron chi connectivity index (χ1n) is 8.79. The Hall–Kier alpha value is -2.93. The van der Waals surface area contributed by atoms with E-state index < -0.39 is 24.1 Å². The topological polar surface area (TPSA) is 93.1 Å². The molecule has 6 nitrogen and oxygen atoms in total. The first kappa shape index (κ1) is 19.8. The van der Waals surface area contributed by atoms with Crippen molar-refractivity contribution in [2.45, 2.75) is 25.0 Å². The second kappa shape index (κ2) is 9.32. The zero-order valence-electron chi connectivity index (χ0n) is 15.0. The van der Waals surface area contributed by atoms with Gasteiger partial charge in [0.15, 0.2) is 6.10 Å². The quantitative estimate of drug-likeness (QED) is 0.654. The molecule has 0 fully saturated rings. The average molecular weight is 400 g/mol. The Morgan fingerprint density at radius 3 is 2.39 bits per heavy atom. The molecular formula is C21H20O6S. The van der Waals surface area contributed by atoms with Gasteiger partial charge >= 0.3 is 11.9 Å². The van der Waals surface area contributed by atoms with Gasteiger partial charge in [0.2, 0.25) is 6.10 Å². The number of para-hydroxylation sites is 1. The number of benzene rings is 2. The molecule has 0 bridgehead atoms. The average Bonchev–Trinajstić information content (AvgIpc) is 2.69. The molecule has 1 aliphatic rings. The van der Waals surface area contributed by atoms with Crippen LogP contribution in [0.25, 0.3) is 0 Å². The molecule has 3 rings (SSSR count). The predicted octanol–water partition coefficient (Wildman–Crippen LogP) is 3.58. The summed E-state index contributed by atoms with van der Waals surface area (Å²) in [5, 5.41) is 19.8. The van der Waals surface area contributed by atoms with Crippen LogP contribution in [0.2, 0.25) is 0 Å². The number of hydrogen-bond acceptors (Lipinski definition) is 6. The summed E-state index contributed by atoms with van der Waals surface area (Å²) in [6.45, 7) is 0. The number of aliphatic carboxylic acids is 1. The highest BCUT2D eigenvalue weighted by Crippen LogP contribution is 2.31. The van der Waals surface area contributed by atoms with Gasteiger partial charge in [-0.3, -0.25) is 0 Å². The molecule has 2 unspecified atom stereocenters. The summed E-state index contributed by atoms with van der Waals surface area (Å²) in [7, 11) is 0. The third-order valence-corrected chi connectivity index (χ3v) is 5.27. The van der Waals surface area contributed by atoms with E-state index in [2.05, 4.69) is 0 Å². The molecule has 2 N–H and O–H groups in total. The van der Waals surface area contributed by atoms with E-state index in [1.54, 1.807) is 30.3 Å². The molecule has 0 saturated heterocycles. The Bertz CT molecular complexity index is 850. The van der Waals surface area contributed by atoms with Gasteiger partial charge in [-0.25, -0.2) is 9.59 Å². The molecule has 0 radical (unpaired) electrons. The van der Waals surface area contributed by atoms with Crippen LogP contribution in [0.4, 0.5) is 0 Å². The van der Waals surface area contributed by atoms with Gasteiger partial charge in [0, 0.05) is 12.2 Å². The minimum atomic E-state index is -1.41. The number of carboxylic acid groups (broad SMARTS) is 1. The van der Waals surface area contributed by atoms with Crippen molar-refractivity contribution in [1.29, 1.82) is 0 Å². The van der Waals surface area contributed by atoms with Crippen LogP contribution >= 0.6 is 11.8 Å². The lowest BCUT2D eigenvalue weighted by Gasteiger charge is -2.28. The Morgan fingerprint density at radius 2 is 1.79 bits per heavy atom. The zero-order valence-corrected chi connectivity index (χ0v) is 15.8. The fourth-order valence-corrected chi connectivity index (χ4v) is 3.75. The van der Waals surface area contributed by atoms with E-state index >= 15 is 0 Å². The van der Waals surface area contributed by atoms with Crippen LogP contribution in [-0.4, -0.2) is 40.1 Å². The molecule has 146 valence electrons. The van der Waals surface area contributed by atoms with E-state index in [0.717, 1.165) is 12.0 Å². The maximum atomic E-state index is 12.3. The number of esters is 1. The molecule has 0 aromatic heterocycles. The molecule has 28 heavy (non-hydrogen) atoms. The first-order valence-corrected chi connectivity index (χ1v) is 9.77. The third kappa shape index (κ3) is 5.07. The molecular weight excluding hydrogens is 380 g/mol. The van der Waals surface area contributed by atoms with Crippen LogP contribution in [0.5, 0.6) is 5.75 Å². The number of aryl methyl sites for hydroxylation is 1. The minimum absolute atomic E-state index is 0.108. The summed E-state index contributed by atoms with van der Waals surface area (Å²) in [5.41, 5.74) is 1.12. The van der Waals surface area contributed by atoms with Crippen LogP contribution in [0.1, 0.15) is 12.0 Å². The second-order valence-electron chi connectivity index (χ2n) is 6.20. The number of ether oxygens (including phenoxy) is 2. The maximum Gasteiger partial charge on any atom is 0.348 e. The van der Waals surface area contributed by atoms with E-state index in [4.69, 9.17) is 9.47 Å². The molecule has 1 aliphatic heterocycles. The normalized spacial score (nSPS) is 17.7. The number of cyclic esters (lactones) is 1. The fourth-order valence-electron chi connectivity index (χ4n) is 2.79. The standard InChI is InChI=1S/C21H20O6S/c22-16-13-17(18(20(23)24)26-15-9-5-2-6-10-15)27-21(25)19(16)28-12-11-14-7-3-1-4-8-14/h1-10,17-18,22H,11-13H2,(H,23,24). The van der Waals surface area contributed by atoms with Crippen LogP contribution in [0, 0.1) is 0 Å². The van der Waals surface area contributed by atoms with Crippen LogP contribution in [0.15, 0.2) is 71.3 Å². The van der Waals surface area contributed by atoms with Gasteiger partial charge < -0.3 is 19.7 Å².